The summed E-state index contributed by atoms with van der Waals surface area (Å²) in [6.07, 6.45) is 0. The number of anilines is 1. The molecule has 4 rings (SSSR count). The summed E-state index contributed by atoms with van der Waals surface area (Å²) in [6.45, 7) is 0.768. The zero-order valence-corrected chi connectivity index (χ0v) is 15.7. The monoisotopic (exact) mass is 402 g/mol. The van der Waals surface area contributed by atoms with Gasteiger partial charge in [-0.3, -0.25) is 4.79 Å². The second-order valence-electron chi connectivity index (χ2n) is 6.63. The molecule has 0 spiro atoms. The first-order chi connectivity index (χ1) is 13.4. The van der Waals surface area contributed by atoms with Crippen LogP contribution in [0.1, 0.15) is 11.6 Å². The topological polar surface area (TPSA) is 108 Å². The molecule has 2 aromatic carbocycles. The number of halogens is 1. The van der Waals surface area contributed by atoms with Crippen LogP contribution in [-0.2, 0) is 10.0 Å². The molecule has 1 atom stereocenters. The first kappa shape index (κ1) is 18.6. The van der Waals surface area contributed by atoms with E-state index in [4.69, 9.17) is 5.73 Å². The highest BCUT2D eigenvalue weighted by Crippen LogP contribution is 2.33. The highest BCUT2D eigenvalue weighted by atomic mass is 32.2. The van der Waals surface area contributed by atoms with E-state index < -0.39 is 27.4 Å². The van der Waals surface area contributed by atoms with Crippen LogP contribution in [0.25, 0.3) is 10.9 Å². The molecule has 4 N–H and O–H groups in total. The van der Waals surface area contributed by atoms with Crippen LogP contribution in [-0.4, -0.2) is 37.3 Å². The number of aromatic nitrogens is 1. The molecule has 0 amide bonds. The standard InChI is InChI=1S/C19H19FN4O3S/c20-18-17(14-3-1-2-4-15(14)23-19(18)25)16-11-22-9-10-24(16)28(26,27)13-7-5-12(21)6-8-13/h1-8,16,22H,9-11,21H2,(H,23,25). The van der Waals surface area contributed by atoms with Crippen molar-refractivity contribution in [1.29, 1.82) is 0 Å². The van der Waals surface area contributed by atoms with E-state index in [1.165, 1.54) is 28.6 Å². The van der Waals surface area contributed by atoms with Gasteiger partial charge >= 0.3 is 0 Å². The second kappa shape index (κ2) is 7.01. The lowest BCUT2D eigenvalue weighted by molar-refractivity contribution is 0.267. The van der Waals surface area contributed by atoms with Gasteiger partial charge in [-0.05, 0) is 30.3 Å². The number of benzene rings is 2. The SMILES string of the molecule is Nc1ccc(S(=O)(=O)N2CCNCC2c2c(F)c(=O)[nH]c3ccccc23)cc1. The summed E-state index contributed by atoms with van der Waals surface area (Å²) in [5, 5.41) is 3.58. The zero-order chi connectivity index (χ0) is 19.9. The van der Waals surface area contributed by atoms with Crippen LogP contribution in [0.4, 0.5) is 10.1 Å². The number of nitrogens with one attached hydrogen (secondary N) is 2. The minimum absolute atomic E-state index is 0.0724. The average molecular weight is 402 g/mol. The molecule has 0 saturated carbocycles. The number of fused-ring (bicyclic) bond motifs is 1. The fraction of sp³-hybridized carbons (Fsp3) is 0.211. The van der Waals surface area contributed by atoms with Crippen LogP contribution < -0.4 is 16.6 Å². The van der Waals surface area contributed by atoms with Gasteiger partial charge in [0.2, 0.25) is 10.0 Å². The fourth-order valence-electron chi connectivity index (χ4n) is 3.57. The zero-order valence-electron chi connectivity index (χ0n) is 14.9. The molecular formula is C19H19FN4O3S. The maximum absolute atomic E-state index is 14.9. The van der Waals surface area contributed by atoms with E-state index in [0.717, 1.165) is 0 Å². The number of aromatic amines is 1. The number of para-hydroxylation sites is 1. The van der Waals surface area contributed by atoms with Crippen LogP contribution >= 0.6 is 0 Å². The maximum atomic E-state index is 14.9. The third kappa shape index (κ3) is 3.07. The highest BCUT2D eigenvalue weighted by Gasteiger charge is 2.37. The Morgan fingerprint density at radius 3 is 2.57 bits per heavy atom. The molecule has 0 aliphatic carbocycles. The Kier molecular flexibility index (Phi) is 4.66. The molecule has 146 valence electrons. The molecule has 1 saturated heterocycles. The number of rotatable bonds is 3. The van der Waals surface area contributed by atoms with Gasteiger partial charge in [0, 0.05) is 41.8 Å². The first-order valence-corrected chi connectivity index (χ1v) is 10.2. The smallest absolute Gasteiger partial charge is 0.284 e. The molecule has 1 aliphatic heterocycles. The molecule has 1 unspecified atom stereocenters. The molecule has 3 aromatic rings. The van der Waals surface area contributed by atoms with Gasteiger partial charge in [-0.2, -0.15) is 4.31 Å². The van der Waals surface area contributed by atoms with Gasteiger partial charge in [0.1, 0.15) is 0 Å². The van der Waals surface area contributed by atoms with Crippen molar-refractivity contribution in [1.82, 2.24) is 14.6 Å². The van der Waals surface area contributed by atoms with Gasteiger partial charge in [-0.25, -0.2) is 12.8 Å². The minimum atomic E-state index is -3.92. The van der Waals surface area contributed by atoms with Gasteiger partial charge in [0.25, 0.3) is 5.56 Å². The molecule has 7 nitrogen and oxygen atoms in total. The number of pyridine rings is 1. The Labute approximate surface area is 161 Å². The van der Waals surface area contributed by atoms with Crippen molar-refractivity contribution < 1.29 is 12.8 Å². The third-order valence-corrected chi connectivity index (χ3v) is 6.84. The average Bonchev–Trinajstić information content (AvgIpc) is 2.69. The van der Waals surface area contributed by atoms with E-state index in [0.29, 0.717) is 23.1 Å². The van der Waals surface area contributed by atoms with Crippen molar-refractivity contribution in [2.75, 3.05) is 25.4 Å². The summed E-state index contributed by atoms with van der Waals surface area (Å²) >= 11 is 0. The highest BCUT2D eigenvalue weighted by molar-refractivity contribution is 7.89. The third-order valence-electron chi connectivity index (χ3n) is 4.92. The number of nitrogens with zero attached hydrogens (tertiary/aromatic N) is 1. The van der Waals surface area contributed by atoms with Crippen molar-refractivity contribution in [3.63, 3.8) is 0 Å². The largest absolute Gasteiger partial charge is 0.399 e. The summed E-state index contributed by atoms with van der Waals surface area (Å²) in [4.78, 5) is 14.7. The number of nitrogen functional groups attached to an aromatic ring is 1. The van der Waals surface area contributed by atoms with E-state index in [1.54, 1.807) is 24.3 Å². The van der Waals surface area contributed by atoms with Gasteiger partial charge < -0.3 is 16.0 Å². The number of nitrogens with two attached hydrogens (primary N) is 1. The van der Waals surface area contributed by atoms with E-state index >= 15 is 0 Å². The lowest BCUT2D eigenvalue weighted by Gasteiger charge is -2.36. The molecule has 9 heteroatoms. The summed E-state index contributed by atoms with van der Waals surface area (Å²) in [5.74, 6) is -0.968. The van der Waals surface area contributed by atoms with Crippen LogP contribution in [0, 0.1) is 5.82 Å². The molecule has 2 heterocycles. The van der Waals surface area contributed by atoms with Gasteiger partial charge in [0.05, 0.1) is 10.9 Å². The molecular weight excluding hydrogens is 383 g/mol. The number of H-pyrrole nitrogens is 1. The maximum Gasteiger partial charge on any atom is 0.284 e. The van der Waals surface area contributed by atoms with Crippen LogP contribution in [0.3, 0.4) is 0 Å². The Morgan fingerprint density at radius 2 is 1.82 bits per heavy atom. The second-order valence-corrected chi connectivity index (χ2v) is 8.52. The number of sulfonamides is 1. The van der Waals surface area contributed by atoms with Crippen LogP contribution in [0.2, 0.25) is 0 Å². The minimum Gasteiger partial charge on any atom is -0.399 e. The van der Waals surface area contributed by atoms with E-state index in [1.807, 2.05) is 0 Å². The van der Waals surface area contributed by atoms with E-state index in [2.05, 4.69) is 10.3 Å². The number of hydrogen-bond acceptors (Lipinski definition) is 5. The van der Waals surface area contributed by atoms with Crippen molar-refractivity contribution in [2.24, 2.45) is 0 Å². The van der Waals surface area contributed by atoms with Crippen molar-refractivity contribution in [2.45, 2.75) is 10.9 Å². The quantitative estimate of drug-likeness (QED) is 0.577. The van der Waals surface area contributed by atoms with Crippen molar-refractivity contribution in [3.8, 4) is 0 Å². The normalized spacial score (nSPS) is 18.4. The Bertz CT molecular complexity index is 1190. The van der Waals surface area contributed by atoms with Gasteiger partial charge in [-0.1, -0.05) is 18.2 Å². The summed E-state index contributed by atoms with van der Waals surface area (Å²) in [7, 11) is -3.92. The number of piperazine rings is 1. The van der Waals surface area contributed by atoms with Gasteiger partial charge in [0.15, 0.2) is 5.82 Å². The lowest BCUT2D eigenvalue weighted by atomic mass is 10.00. The predicted octanol–water partition coefficient (Wildman–Crippen LogP) is 1.58. The molecule has 0 radical (unpaired) electrons. The molecule has 1 fully saturated rings. The summed E-state index contributed by atoms with van der Waals surface area (Å²) in [5.41, 5.74) is 5.77. The Morgan fingerprint density at radius 1 is 1.11 bits per heavy atom. The van der Waals surface area contributed by atoms with Crippen molar-refractivity contribution >= 4 is 26.6 Å². The van der Waals surface area contributed by atoms with Crippen molar-refractivity contribution in [3.05, 3.63) is 70.3 Å². The molecule has 1 aliphatic rings. The van der Waals surface area contributed by atoms with Gasteiger partial charge in [-0.15, -0.1) is 0 Å². The fourth-order valence-corrected chi connectivity index (χ4v) is 5.16. The van der Waals surface area contributed by atoms with E-state index in [-0.39, 0.29) is 23.5 Å². The Balaban J connectivity index is 1.89. The van der Waals surface area contributed by atoms with Crippen LogP contribution in [0.5, 0.6) is 0 Å². The Hall–Kier alpha value is -2.75. The lowest BCUT2D eigenvalue weighted by Crippen LogP contribution is -2.49. The summed E-state index contributed by atoms with van der Waals surface area (Å²) < 4.78 is 42.7. The van der Waals surface area contributed by atoms with Crippen LogP contribution in [0.15, 0.2) is 58.2 Å². The predicted molar refractivity (Wildman–Crippen MR) is 105 cm³/mol. The van der Waals surface area contributed by atoms with E-state index in [9.17, 15) is 17.6 Å². The molecule has 28 heavy (non-hydrogen) atoms. The number of hydrogen-bond donors (Lipinski definition) is 3. The first-order valence-electron chi connectivity index (χ1n) is 8.78. The molecule has 0 bridgehead atoms. The molecule has 1 aromatic heterocycles. The summed E-state index contributed by atoms with van der Waals surface area (Å²) in [6, 6.07) is 11.8.